The molecule has 112 valence electrons. The average Bonchev–Trinajstić information content (AvgIpc) is 2.99. The minimum absolute atomic E-state index is 0.403. The van der Waals surface area contributed by atoms with Gasteiger partial charge in [-0.1, -0.05) is 18.9 Å². The molecule has 0 amide bonds. The number of hydrogen-bond acceptors (Lipinski definition) is 3. The minimum atomic E-state index is -0.403. The molecule has 2 fully saturated rings. The molecule has 2 aliphatic rings. The molecule has 0 heterocycles. The summed E-state index contributed by atoms with van der Waals surface area (Å²) >= 11 is 0. The van der Waals surface area contributed by atoms with Gasteiger partial charge in [0.2, 0.25) is 0 Å². The van der Waals surface area contributed by atoms with Crippen LogP contribution in [0.5, 0.6) is 5.75 Å². The largest absolute Gasteiger partial charge is 0.497 e. The van der Waals surface area contributed by atoms with Gasteiger partial charge in [0, 0.05) is 11.8 Å². The van der Waals surface area contributed by atoms with Gasteiger partial charge in [-0.25, -0.2) is 0 Å². The SMILES string of the molecule is COc1cccc(NC2(C#N)CCC3(CCCC3)CC2)c1. The zero-order chi connectivity index (χ0) is 14.8. The molecule has 0 saturated heterocycles. The van der Waals surface area contributed by atoms with Crippen molar-refractivity contribution in [3.8, 4) is 11.8 Å². The molecule has 0 radical (unpaired) electrons. The molecule has 3 rings (SSSR count). The predicted molar refractivity (Wildman–Crippen MR) is 84.3 cm³/mol. The molecule has 0 aromatic heterocycles. The molecular weight excluding hydrogens is 260 g/mol. The van der Waals surface area contributed by atoms with Crippen LogP contribution in [0.3, 0.4) is 0 Å². The van der Waals surface area contributed by atoms with E-state index in [9.17, 15) is 5.26 Å². The van der Waals surface area contributed by atoms with Crippen molar-refractivity contribution >= 4 is 5.69 Å². The molecule has 0 atom stereocenters. The molecule has 0 bridgehead atoms. The summed E-state index contributed by atoms with van der Waals surface area (Å²) in [6.07, 6.45) is 9.80. The van der Waals surface area contributed by atoms with Gasteiger partial charge in [-0.15, -0.1) is 0 Å². The summed E-state index contributed by atoms with van der Waals surface area (Å²) in [5, 5.41) is 13.2. The highest BCUT2D eigenvalue weighted by molar-refractivity contribution is 5.51. The highest BCUT2D eigenvalue weighted by Crippen LogP contribution is 2.51. The Morgan fingerprint density at radius 3 is 2.43 bits per heavy atom. The maximum Gasteiger partial charge on any atom is 0.125 e. The molecule has 2 aliphatic carbocycles. The molecule has 1 aromatic rings. The number of nitrogens with zero attached hydrogens (tertiary/aromatic N) is 1. The van der Waals surface area contributed by atoms with E-state index in [1.165, 1.54) is 38.5 Å². The number of rotatable bonds is 3. The van der Waals surface area contributed by atoms with Crippen molar-refractivity contribution in [1.29, 1.82) is 5.26 Å². The monoisotopic (exact) mass is 284 g/mol. The molecule has 21 heavy (non-hydrogen) atoms. The quantitative estimate of drug-likeness (QED) is 0.888. The second-order valence-electron chi connectivity index (χ2n) is 6.76. The topological polar surface area (TPSA) is 45.0 Å². The van der Waals surface area contributed by atoms with Crippen LogP contribution >= 0.6 is 0 Å². The Balaban J connectivity index is 1.72. The van der Waals surface area contributed by atoms with Crippen molar-refractivity contribution in [1.82, 2.24) is 0 Å². The number of methoxy groups -OCH3 is 1. The van der Waals surface area contributed by atoms with Gasteiger partial charge in [-0.2, -0.15) is 5.26 Å². The lowest BCUT2D eigenvalue weighted by molar-refractivity contribution is 0.167. The predicted octanol–water partition coefficient (Wildman–Crippen LogP) is 4.50. The summed E-state index contributed by atoms with van der Waals surface area (Å²) in [6.45, 7) is 0. The van der Waals surface area contributed by atoms with E-state index >= 15 is 0 Å². The molecule has 0 unspecified atom stereocenters. The molecule has 2 saturated carbocycles. The van der Waals surface area contributed by atoms with Crippen molar-refractivity contribution in [3.05, 3.63) is 24.3 Å². The first kappa shape index (κ1) is 14.3. The second kappa shape index (κ2) is 5.60. The van der Waals surface area contributed by atoms with Crippen LogP contribution in [0.4, 0.5) is 5.69 Å². The van der Waals surface area contributed by atoms with Gasteiger partial charge in [0.05, 0.1) is 13.2 Å². The first-order valence-corrected chi connectivity index (χ1v) is 8.03. The molecule has 1 N–H and O–H groups in total. The van der Waals surface area contributed by atoms with Gasteiger partial charge in [0.15, 0.2) is 0 Å². The van der Waals surface area contributed by atoms with Crippen molar-refractivity contribution in [2.45, 2.75) is 56.9 Å². The van der Waals surface area contributed by atoms with Gasteiger partial charge in [-0.05, 0) is 56.1 Å². The van der Waals surface area contributed by atoms with Crippen molar-refractivity contribution in [2.24, 2.45) is 5.41 Å². The van der Waals surface area contributed by atoms with Crippen LogP contribution in [0.25, 0.3) is 0 Å². The summed E-state index contributed by atoms with van der Waals surface area (Å²) in [4.78, 5) is 0. The Hall–Kier alpha value is -1.69. The Morgan fingerprint density at radius 2 is 1.81 bits per heavy atom. The molecule has 3 heteroatoms. The minimum Gasteiger partial charge on any atom is -0.497 e. The Morgan fingerprint density at radius 1 is 1.10 bits per heavy atom. The summed E-state index contributed by atoms with van der Waals surface area (Å²) in [7, 11) is 1.67. The van der Waals surface area contributed by atoms with Crippen molar-refractivity contribution in [2.75, 3.05) is 12.4 Å². The van der Waals surface area contributed by atoms with Crippen molar-refractivity contribution < 1.29 is 4.74 Å². The zero-order valence-electron chi connectivity index (χ0n) is 12.8. The second-order valence-corrected chi connectivity index (χ2v) is 6.76. The van der Waals surface area contributed by atoms with Crippen LogP contribution in [-0.4, -0.2) is 12.6 Å². The van der Waals surface area contributed by atoms with E-state index in [0.717, 1.165) is 24.3 Å². The number of hydrogen-bond donors (Lipinski definition) is 1. The van der Waals surface area contributed by atoms with E-state index in [-0.39, 0.29) is 0 Å². The van der Waals surface area contributed by atoms with Gasteiger partial charge < -0.3 is 10.1 Å². The Bertz CT molecular complexity index is 530. The van der Waals surface area contributed by atoms with E-state index in [1.54, 1.807) is 7.11 Å². The van der Waals surface area contributed by atoms with Crippen LogP contribution in [0, 0.1) is 16.7 Å². The smallest absolute Gasteiger partial charge is 0.125 e. The van der Waals surface area contributed by atoms with Crippen LogP contribution < -0.4 is 10.1 Å². The summed E-state index contributed by atoms with van der Waals surface area (Å²) in [6, 6.07) is 10.4. The summed E-state index contributed by atoms with van der Waals surface area (Å²) < 4.78 is 5.26. The van der Waals surface area contributed by atoms with E-state index in [0.29, 0.717) is 5.41 Å². The van der Waals surface area contributed by atoms with Crippen LogP contribution in [0.2, 0.25) is 0 Å². The lowest BCUT2D eigenvalue weighted by Crippen LogP contribution is -2.43. The number of anilines is 1. The van der Waals surface area contributed by atoms with E-state index < -0.39 is 5.54 Å². The third-order valence-corrected chi connectivity index (χ3v) is 5.50. The summed E-state index contributed by atoms with van der Waals surface area (Å²) in [5.41, 5.74) is 1.13. The Kier molecular flexibility index (Phi) is 3.80. The van der Waals surface area contributed by atoms with Gasteiger partial charge >= 0.3 is 0 Å². The van der Waals surface area contributed by atoms with E-state index in [4.69, 9.17) is 4.74 Å². The Labute approximate surface area is 127 Å². The van der Waals surface area contributed by atoms with Crippen LogP contribution in [-0.2, 0) is 0 Å². The van der Waals surface area contributed by atoms with Crippen LogP contribution in [0.1, 0.15) is 51.4 Å². The lowest BCUT2D eigenvalue weighted by atomic mass is 9.67. The highest BCUT2D eigenvalue weighted by Gasteiger charge is 2.44. The maximum absolute atomic E-state index is 9.72. The fourth-order valence-electron chi connectivity index (χ4n) is 4.07. The fraction of sp³-hybridized carbons (Fsp3) is 0.611. The van der Waals surface area contributed by atoms with Gasteiger partial charge in [0.25, 0.3) is 0 Å². The zero-order valence-corrected chi connectivity index (χ0v) is 12.8. The fourth-order valence-corrected chi connectivity index (χ4v) is 4.07. The van der Waals surface area contributed by atoms with Gasteiger partial charge in [0.1, 0.15) is 11.3 Å². The number of nitriles is 1. The lowest BCUT2D eigenvalue weighted by Gasteiger charge is -2.42. The normalized spacial score (nSPS) is 22.7. The number of nitrogens with one attached hydrogen (secondary N) is 1. The molecular formula is C18H24N2O. The first-order valence-electron chi connectivity index (χ1n) is 8.03. The standard InChI is InChI=1S/C18H24N2O/c1-21-16-6-4-5-15(13-16)20-18(14-19)11-9-17(10-12-18)7-2-3-8-17/h4-6,13,20H,2-3,7-12H2,1H3. The van der Waals surface area contributed by atoms with Crippen molar-refractivity contribution in [3.63, 3.8) is 0 Å². The number of benzene rings is 1. The van der Waals surface area contributed by atoms with E-state index in [2.05, 4.69) is 11.4 Å². The molecule has 0 aliphatic heterocycles. The number of ether oxygens (including phenoxy) is 1. The average molecular weight is 284 g/mol. The van der Waals surface area contributed by atoms with Crippen LogP contribution in [0.15, 0.2) is 24.3 Å². The summed E-state index contributed by atoms with van der Waals surface area (Å²) in [5.74, 6) is 0.830. The molecule has 1 aromatic carbocycles. The third kappa shape index (κ3) is 2.85. The highest BCUT2D eigenvalue weighted by atomic mass is 16.5. The van der Waals surface area contributed by atoms with E-state index in [1.807, 2.05) is 24.3 Å². The maximum atomic E-state index is 9.72. The van der Waals surface area contributed by atoms with Gasteiger partial charge in [-0.3, -0.25) is 0 Å². The third-order valence-electron chi connectivity index (χ3n) is 5.50. The molecule has 3 nitrogen and oxygen atoms in total. The molecule has 1 spiro atoms. The first-order chi connectivity index (χ1) is 10.2.